The van der Waals surface area contributed by atoms with Crippen LogP contribution in [-0.2, 0) is 6.54 Å². The lowest BCUT2D eigenvalue weighted by Gasteiger charge is -2.51. The number of hydrogen-bond acceptors (Lipinski definition) is 4. The first-order valence-corrected chi connectivity index (χ1v) is 9.78. The molecule has 1 unspecified atom stereocenters. The van der Waals surface area contributed by atoms with Crippen molar-refractivity contribution in [2.24, 2.45) is 5.41 Å². The largest absolute Gasteiger partial charge is 0.465 e. The molecule has 1 saturated heterocycles. The minimum absolute atomic E-state index is 0.00414. The molecule has 1 aliphatic heterocycles. The Balaban J connectivity index is 1.97. The maximum absolute atomic E-state index is 12.5. The number of nitrogens with zero attached hydrogens (tertiary/aromatic N) is 3. The standard InChI is InChI=1S/C19H26ClN3O5/c1-21(2)16(25)13-10-23(15(24)9-14(13)20)12-19(28)7-8-22(17(26)27)11-18(19)5-3-4-6-18/h9-10,28H,3-8,11-12H2,1-2H3,(H,26,27). The van der Waals surface area contributed by atoms with E-state index in [1.54, 1.807) is 14.1 Å². The van der Waals surface area contributed by atoms with E-state index >= 15 is 0 Å². The summed E-state index contributed by atoms with van der Waals surface area (Å²) in [6.45, 7) is 0.467. The van der Waals surface area contributed by atoms with Crippen LogP contribution in [0, 0.1) is 5.41 Å². The van der Waals surface area contributed by atoms with E-state index in [2.05, 4.69) is 0 Å². The maximum Gasteiger partial charge on any atom is 0.407 e. The quantitative estimate of drug-likeness (QED) is 0.790. The molecule has 2 N–H and O–H groups in total. The van der Waals surface area contributed by atoms with Gasteiger partial charge in [-0.3, -0.25) is 9.59 Å². The van der Waals surface area contributed by atoms with Gasteiger partial charge in [0.25, 0.3) is 11.5 Å². The molecule has 2 fully saturated rings. The Kier molecular flexibility index (Phi) is 5.46. The van der Waals surface area contributed by atoms with Crippen LogP contribution in [0.3, 0.4) is 0 Å². The number of likely N-dealkylation sites (tertiary alicyclic amines) is 1. The Bertz CT molecular complexity index is 846. The van der Waals surface area contributed by atoms with Gasteiger partial charge in [-0.1, -0.05) is 24.4 Å². The molecule has 2 aliphatic rings. The zero-order valence-electron chi connectivity index (χ0n) is 16.2. The van der Waals surface area contributed by atoms with Gasteiger partial charge in [-0.25, -0.2) is 4.79 Å². The summed E-state index contributed by atoms with van der Waals surface area (Å²) in [6, 6.07) is 1.19. The SMILES string of the molecule is CN(C)C(=O)c1cn(CC2(O)CCN(C(=O)O)CC23CCCC3)c(=O)cc1Cl. The Morgan fingerprint density at radius 3 is 2.46 bits per heavy atom. The number of amides is 2. The van der Waals surface area contributed by atoms with E-state index in [9.17, 15) is 24.6 Å². The highest BCUT2D eigenvalue weighted by Gasteiger charge is 2.55. The Morgan fingerprint density at radius 2 is 1.89 bits per heavy atom. The second kappa shape index (κ2) is 7.40. The van der Waals surface area contributed by atoms with E-state index in [1.165, 1.54) is 26.6 Å². The molecule has 154 valence electrons. The van der Waals surface area contributed by atoms with Crippen molar-refractivity contribution >= 4 is 23.6 Å². The maximum atomic E-state index is 12.5. The van der Waals surface area contributed by atoms with Crippen LogP contribution in [0.25, 0.3) is 0 Å². The number of carbonyl (C=O) groups excluding carboxylic acids is 1. The predicted molar refractivity (Wildman–Crippen MR) is 104 cm³/mol. The molecule has 1 aromatic heterocycles. The van der Waals surface area contributed by atoms with Crippen LogP contribution in [0.1, 0.15) is 42.5 Å². The van der Waals surface area contributed by atoms with Gasteiger partial charge in [0.15, 0.2) is 0 Å². The van der Waals surface area contributed by atoms with Gasteiger partial charge in [0.05, 0.1) is 22.7 Å². The number of aromatic nitrogens is 1. The molecule has 28 heavy (non-hydrogen) atoms. The van der Waals surface area contributed by atoms with Crippen molar-refractivity contribution in [2.75, 3.05) is 27.2 Å². The first-order valence-electron chi connectivity index (χ1n) is 9.40. The summed E-state index contributed by atoms with van der Waals surface area (Å²) in [5, 5.41) is 21.1. The topological polar surface area (TPSA) is 103 Å². The van der Waals surface area contributed by atoms with Gasteiger partial charge in [-0.05, 0) is 19.3 Å². The molecule has 0 aromatic carbocycles. The molecule has 1 aliphatic carbocycles. The van der Waals surface area contributed by atoms with Crippen LogP contribution in [0.4, 0.5) is 4.79 Å². The minimum Gasteiger partial charge on any atom is -0.465 e. The van der Waals surface area contributed by atoms with Crippen LogP contribution >= 0.6 is 11.6 Å². The Labute approximate surface area is 168 Å². The first-order chi connectivity index (χ1) is 13.1. The molecule has 2 amide bonds. The fourth-order valence-electron chi connectivity index (χ4n) is 4.62. The highest BCUT2D eigenvalue weighted by molar-refractivity contribution is 6.33. The van der Waals surface area contributed by atoms with E-state index in [4.69, 9.17) is 11.6 Å². The lowest BCUT2D eigenvalue weighted by molar-refractivity contribution is -0.137. The third kappa shape index (κ3) is 3.51. The van der Waals surface area contributed by atoms with E-state index in [0.717, 1.165) is 12.8 Å². The average Bonchev–Trinajstić information content (AvgIpc) is 3.09. The van der Waals surface area contributed by atoms with Crippen LogP contribution in [-0.4, -0.2) is 69.4 Å². The number of hydrogen-bond donors (Lipinski definition) is 2. The molecule has 1 aromatic rings. The van der Waals surface area contributed by atoms with Crippen molar-refractivity contribution in [1.82, 2.24) is 14.4 Å². The number of carboxylic acid groups (broad SMARTS) is 1. The smallest absolute Gasteiger partial charge is 0.407 e. The fourth-order valence-corrected chi connectivity index (χ4v) is 4.84. The van der Waals surface area contributed by atoms with Crippen molar-refractivity contribution in [1.29, 1.82) is 0 Å². The molecule has 0 radical (unpaired) electrons. The molecule has 1 saturated carbocycles. The summed E-state index contributed by atoms with van der Waals surface area (Å²) in [4.78, 5) is 39.1. The van der Waals surface area contributed by atoms with Gasteiger partial charge in [-0.2, -0.15) is 0 Å². The first kappa shape index (κ1) is 20.7. The highest BCUT2D eigenvalue weighted by Crippen LogP contribution is 2.51. The number of pyridine rings is 1. The third-order valence-corrected chi connectivity index (χ3v) is 6.56. The molecular formula is C19H26ClN3O5. The predicted octanol–water partition coefficient (Wildman–Crippen LogP) is 1.88. The summed E-state index contributed by atoms with van der Waals surface area (Å²) >= 11 is 6.10. The lowest BCUT2D eigenvalue weighted by Crippen LogP contribution is -2.62. The van der Waals surface area contributed by atoms with E-state index in [0.29, 0.717) is 12.8 Å². The Morgan fingerprint density at radius 1 is 1.25 bits per heavy atom. The van der Waals surface area contributed by atoms with Crippen LogP contribution < -0.4 is 5.56 Å². The van der Waals surface area contributed by atoms with E-state index in [-0.39, 0.29) is 42.5 Å². The second-order valence-corrected chi connectivity index (χ2v) is 8.58. The fraction of sp³-hybridized carbons (Fsp3) is 0.632. The van der Waals surface area contributed by atoms with Gasteiger partial charge in [0.2, 0.25) is 0 Å². The summed E-state index contributed by atoms with van der Waals surface area (Å²) in [5.41, 5.74) is -2.03. The Hall–Kier alpha value is -2.06. The number of halogens is 1. The van der Waals surface area contributed by atoms with Crippen molar-refractivity contribution in [2.45, 2.75) is 44.2 Å². The summed E-state index contributed by atoms with van der Waals surface area (Å²) in [7, 11) is 3.19. The van der Waals surface area contributed by atoms with Gasteiger partial charge >= 0.3 is 6.09 Å². The van der Waals surface area contributed by atoms with Crippen molar-refractivity contribution in [3.05, 3.63) is 33.2 Å². The zero-order valence-corrected chi connectivity index (χ0v) is 16.9. The van der Waals surface area contributed by atoms with Crippen LogP contribution in [0.2, 0.25) is 5.02 Å². The van der Waals surface area contributed by atoms with Crippen LogP contribution in [0.15, 0.2) is 17.1 Å². The van der Waals surface area contributed by atoms with E-state index < -0.39 is 22.7 Å². The minimum atomic E-state index is -1.23. The van der Waals surface area contributed by atoms with Crippen molar-refractivity contribution < 1.29 is 19.8 Å². The monoisotopic (exact) mass is 411 g/mol. The highest BCUT2D eigenvalue weighted by atomic mass is 35.5. The normalized spacial score (nSPS) is 23.8. The average molecular weight is 412 g/mol. The van der Waals surface area contributed by atoms with Gasteiger partial charge < -0.3 is 24.6 Å². The number of carbonyl (C=O) groups is 2. The molecule has 9 heteroatoms. The number of aliphatic hydroxyl groups is 1. The molecule has 3 rings (SSSR count). The second-order valence-electron chi connectivity index (χ2n) is 8.17. The molecule has 2 heterocycles. The number of piperidine rings is 1. The lowest BCUT2D eigenvalue weighted by atomic mass is 9.66. The molecular weight excluding hydrogens is 386 g/mol. The summed E-state index contributed by atoms with van der Waals surface area (Å²) < 4.78 is 1.33. The molecule has 1 atom stereocenters. The summed E-state index contributed by atoms with van der Waals surface area (Å²) in [6.07, 6.45) is 3.89. The summed E-state index contributed by atoms with van der Waals surface area (Å²) in [5.74, 6) is -0.331. The third-order valence-electron chi connectivity index (χ3n) is 6.25. The van der Waals surface area contributed by atoms with Crippen molar-refractivity contribution in [3.63, 3.8) is 0 Å². The van der Waals surface area contributed by atoms with Gasteiger partial charge in [0.1, 0.15) is 0 Å². The van der Waals surface area contributed by atoms with Crippen molar-refractivity contribution in [3.8, 4) is 0 Å². The van der Waals surface area contributed by atoms with Crippen LogP contribution in [0.5, 0.6) is 0 Å². The molecule has 1 spiro atoms. The van der Waals surface area contributed by atoms with Gasteiger partial charge in [-0.15, -0.1) is 0 Å². The van der Waals surface area contributed by atoms with Gasteiger partial charge in [0, 0.05) is 44.9 Å². The molecule has 0 bridgehead atoms. The number of rotatable bonds is 3. The van der Waals surface area contributed by atoms with E-state index in [1.807, 2.05) is 0 Å². The molecule has 8 nitrogen and oxygen atoms in total. The zero-order chi connectivity index (χ0) is 20.7.